The summed E-state index contributed by atoms with van der Waals surface area (Å²) in [6.07, 6.45) is 9.68. The largest absolute Gasteiger partial charge is 0.508 e. The first-order chi connectivity index (χ1) is 28.5. The lowest BCUT2D eigenvalue weighted by atomic mass is 9.99. The Labute approximate surface area is 352 Å². The van der Waals surface area contributed by atoms with Gasteiger partial charge < -0.3 is 57.7 Å². The van der Waals surface area contributed by atoms with Crippen LogP contribution in [-0.2, 0) is 38.3 Å². The number of cyclic esters (lactones) is 1. The summed E-state index contributed by atoms with van der Waals surface area (Å²) in [7, 11) is 0. The zero-order chi connectivity index (χ0) is 44.6. The van der Waals surface area contributed by atoms with Crippen molar-refractivity contribution in [1.82, 2.24) is 31.9 Å². The molecule has 1 aliphatic rings. The van der Waals surface area contributed by atoms with Gasteiger partial charge in [0.05, 0.1) is 18.7 Å². The summed E-state index contributed by atoms with van der Waals surface area (Å²) >= 11 is 0. The van der Waals surface area contributed by atoms with E-state index in [1.165, 1.54) is 89.5 Å². The molecule has 1 fully saturated rings. The minimum atomic E-state index is -1.90. The van der Waals surface area contributed by atoms with Crippen LogP contribution >= 0.6 is 0 Å². The number of carbonyl (C=O) groups is 7. The highest BCUT2D eigenvalue weighted by Crippen LogP contribution is 2.21. The van der Waals surface area contributed by atoms with Crippen molar-refractivity contribution in [2.45, 2.75) is 160 Å². The quantitative estimate of drug-likeness (QED) is 0.0536. The first kappa shape index (κ1) is 51.1. The molecule has 1 aromatic rings. The van der Waals surface area contributed by atoms with Crippen molar-refractivity contribution < 1.29 is 53.6 Å². The maximum Gasteiger partial charge on any atom is 0.307 e. The molecule has 0 radical (unpaired) electrons. The van der Waals surface area contributed by atoms with E-state index in [2.05, 4.69) is 45.4 Å². The number of unbranched alkanes of at least 4 members (excludes halogenated alkanes) is 12. The lowest BCUT2D eigenvalue weighted by Crippen LogP contribution is -2.61. The molecule has 336 valence electrons. The van der Waals surface area contributed by atoms with Crippen LogP contribution in [0.3, 0.4) is 0 Å². The number of benzene rings is 1. The van der Waals surface area contributed by atoms with Crippen LogP contribution in [0.5, 0.6) is 5.75 Å². The van der Waals surface area contributed by atoms with Crippen LogP contribution < -0.4 is 37.6 Å². The van der Waals surface area contributed by atoms with Crippen LogP contribution in [0.4, 0.5) is 0 Å². The third-order valence-corrected chi connectivity index (χ3v) is 10.2. The Bertz CT molecular complexity index is 1580. The van der Waals surface area contributed by atoms with Gasteiger partial charge in [0.15, 0.2) is 0 Å². The number of amides is 6. The molecule has 18 heteroatoms. The van der Waals surface area contributed by atoms with Crippen molar-refractivity contribution in [3.8, 4) is 5.75 Å². The molecule has 0 spiro atoms. The Balaban J connectivity index is 2.20. The maximum absolute atomic E-state index is 14.0. The molecule has 0 saturated carbocycles. The third-order valence-electron chi connectivity index (χ3n) is 10.2. The summed E-state index contributed by atoms with van der Waals surface area (Å²) in [5.74, 6) is -6.88. The van der Waals surface area contributed by atoms with Crippen molar-refractivity contribution in [3.63, 3.8) is 0 Å². The third kappa shape index (κ3) is 18.9. The first-order valence-corrected chi connectivity index (χ1v) is 21.1. The lowest BCUT2D eigenvalue weighted by Gasteiger charge is -2.30. The van der Waals surface area contributed by atoms with Gasteiger partial charge in [-0.25, -0.2) is 0 Å². The summed E-state index contributed by atoms with van der Waals surface area (Å²) in [6, 6.07) is -0.773. The Hall–Kier alpha value is -5.07. The number of carbonyl (C=O) groups excluding carboxylic acids is 7. The Morgan fingerprint density at radius 2 is 1.40 bits per heavy atom. The molecule has 6 amide bonds. The summed E-state index contributed by atoms with van der Waals surface area (Å²) in [6.45, 7) is 7.48. The lowest BCUT2D eigenvalue weighted by molar-refractivity contribution is -0.153. The second-order valence-corrected chi connectivity index (χ2v) is 15.3. The Morgan fingerprint density at radius 1 is 0.833 bits per heavy atom. The Morgan fingerprint density at radius 3 is 1.98 bits per heavy atom. The van der Waals surface area contributed by atoms with E-state index in [0.29, 0.717) is 12.8 Å². The van der Waals surface area contributed by atoms with E-state index in [0.717, 1.165) is 25.7 Å². The van der Waals surface area contributed by atoms with Crippen molar-refractivity contribution >= 4 is 41.4 Å². The van der Waals surface area contributed by atoms with Crippen LogP contribution in [0.15, 0.2) is 36.5 Å². The molecule has 0 bridgehead atoms. The highest BCUT2D eigenvalue weighted by Gasteiger charge is 2.38. The summed E-state index contributed by atoms with van der Waals surface area (Å²) in [5.41, 5.74) is 5.66. The number of esters is 1. The van der Waals surface area contributed by atoms with Crippen LogP contribution in [0.2, 0.25) is 0 Å². The number of phenolic OH excluding ortho intramolecular Hbond substituents is 1. The molecule has 0 aliphatic carbocycles. The van der Waals surface area contributed by atoms with E-state index in [4.69, 9.17) is 10.5 Å². The van der Waals surface area contributed by atoms with E-state index in [9.17, 15) is 48.9 Å². The van der Waals surface area contributed by atoms with Crippen molar-refractivity contribution in [3.05, 3.63) is 42.1 Å². The molecule has 2 rings (SSSR count). The van der Waals surface area contributed by atoms with E-state index >= 15 is 0 Å². The number of hydrogen-bond donors (Lipinski definition) is 10. The van der Waals surface area contributed by atoms with Crippen LogP contribution in [0, 0.1) is 0 Å². The molecule has 7 atom stereocenters. The molecule has 60 heavy (non-hydrogen) atoms. The molecule has 11 N–H and O–H groups in total. The van der Waals surface area contributed by atoms with E-state index in [1.807, 2.05) is 0 Å². The number of aromatic hydroxyl groups is 1. The number of ether oxygens (including phenoxy) is 1. The molecule has 18 nitrogen and oxygen atoms in total. The predicted molar refractivity (Wildman–Crippen MR) is 222 cm³/mol. The normalized spacial score (nSPS) is 21.9. The number of rotatable bonds is 19. The fraction of sp³-hybridized carbons (Fsp3) is 0.643. The zero-order valence-corrected chi connectivity index (χ0v) is 35.3. The number of aliphatic hydroxyl groups is 2. The van der Waals surface area contributed by atoms with Gasteiger partial charge in [-0.05, 0) is 38.0 Å². The predicted octanol–water partition coefficient (Wildman–Crippen LogP) is 1.27. The average molecular weight is 846 g/mol. The standard InChI is InChI=1S/C42H67N7O11/c1-5-6-7-8-9-10-11-12-13-14-15-16-17-18-31(43)37(54)42(59)48-34-28(4)60-33(52)23-24-44-38(55)26(2)46-32(51)25-45-39(56)27(3)47-41(58)35(49-40(34)57)36(53)29-19-21-30(50)22-20-29/h19-22,26,28,31,34-37,50,53-54H,3,5-18,23-25,43H2,1-2,4H3,(H,44,55)(H,45,56)(H,46,51)(H,47,58)(H,48,59)(H,49,57). The maximum atomic E-state index is 14.0. The van der Waals surface area contributed by atoms with E-state index in [-0.39, 0.29) is 17.9 Å². The van der Waals surface area contributed by atoms with Crippen LogP contribution in [0.25, 0.3) is 0 Å². The highest BCUT2D eigenvalue weighted by molar-refractivity contribution is 6.01. The Kier molecular flexibility index (Phi) is 23.5. The summed E-state index contributed by atoms with van der Waals surface area (Å²) < 4.78 is 5.43. The first-order valence-electron chi connectivity index (χ1n) is 21.1. The van der Waals surface area contributed by atoms with E-state index in [1.54, 1.807) is 0 Å². The van der Waals surface area contributed by atoms with Gasteiger partial charge in [0.25, 0.3) is 11.8 Å². The van der Waals surface area contributed by atoms with Crippen LogP contribution in [-0.4, -0.2) is 106 Å². The van der Waals surface area contributed by atoms with Crippen molar-refractivity contribution in [2.24, 2.45) is 5.73 Å². The van der Waals surface area contributed by atoms with E-state index < -0.39 is 103 Å². The topological polar surface area (TPSA) is 288 Å². The second kappa shape index (κ2) is 27.6. The number of phenols is 1. The molecular formula is C42H67N7O11. The molecule has 1 aromatic carbocycles. The SMILES string of the molecule is C=C1NC(=O)C(C(O)c2ccc(O)cc2)NC(=O)C(NC(=O)C(O)C(N)CCCCCCCCCCCCCCC)C(C)OC(=O)CCNC(=O)C(C)NC(=O)CNC1=O. The number of nitrogens with one attached hydrogen (secondary N) is 6. The fourth-order valence-corrected chi connectivity index (χ4v) is 6.46. The highest BCUT2D eigenvalue weighted by atomic mass is 16.5. The smallest absolute Gasteiger partial charge is 0.307 e. The molecule has 1 aliphatic heterocycles. The molecule has 1 heterocycles. The van der Waals surface area contributed by atoms with Gasteiger partial charge in [-0.2, -0.15) is 0 Å². The fourth-order valence-electron chi connectivity index (χ4n) is 6.46. The molecule has 1 saturated heterocycles. The van der Waals surface area contributed by atoms with Crippen molar-refractivity contribution in [2.75, 3.05) is 13.1 Å². The van der Waals surface area contributed by atoms with Gasteiger partial charge in [-0.1, -0.05) is 109 Å². The minimum absolute atomic E-state index is 0.0419. The zero-order valence-electron chi connectivity index (χ0n) is 35.3. The van der Waals surface area contributed by atoms with Gasteiger partial charge in [-0.15, -0.1) is 0 Å². The number of aliphatic hydroxyl groups excluding tert-OH is 2. The van der Waals surface area contributed by atoms with Gasteiger partial charge in [0, 0.05) is 12.6 Å². The van der Waals surface area contributed by atoms with Gasteiger partial charge >= 0.3 is 5.97 Å². The summed E-state index contributed by atoms with van der Waals surface area (Å²) in [4.78, 5) is 91.5. The second-order valence-electron chi connectivity index (χ2n) is 15.3. The molecular weight excluding hydrogens is 778 g/mol. The van der Waals surface area contributed by atoms with Gasteiger partial charge in [0.1, 0.15) is 42.2 Å². The number of nitrogens with two attached hydrogens (primary N) is 1. The van der Waals surface area contributed by atoms with Crippen LogP contribution in [0.1, 0.15) is 129 Å². The monoisotopic (exact) mass is 845 g/mol. The average Bonchev–Trinajstić information content (AvgIpc) is 3.21. The summed E-state index contributed by atoms with van der Waals surface area (Å²) in [5, 5.41) is 45.9. The number of hydrogen-bond acceptors (Lipinski definition) is 12. The molecule has 0 aromatic heterocycles. The molecule has 7 unspecified atom stereocenters. The van der Waals surface area contributed by atoms with Gasteiger partial charge in [-0.3, -0.25) is 33.6 Å². The van der Waals surface area contributed by atoms with Gasteiger partial charge in [0.2, 0.25) is 23.6 Å². The minimum Gasteiger partial charge on any atom is -0.508 e. The van der Waals surface area contributed by atoms with Crippen molar-refractivity contribution in [1.29, 1.82) is 0 Å².